The van der Waals surface area contributed by atoms with Crippen LogP contribution in [0.25, 0.3) is 17.0 Å². The Kier molecular flexibility index (Phi) is 6.64. The summed E-state index contributed by atoms with van der Waals surface area (Å²) in [5.41, 5.74) is 1.26. The quantitative estimate of drug-likeness (QED) is 0.338. The van der Waals surface area contributed by atoms with Crippen molar-refractivity contribution in [3.05, 3.63) is 72.2 Å². The molecule has 2 aliphatic heterocycles. The van der Waals surface area contributed by atoms with E-state index >= 15 is 0 Å². The first kappa shape index (κ1) is 26.2. The zero-order chi connectivity index (χ0) is 28.0. The molecule has 2 atom stereocenters. The Balaban J connectivity index is 1.26. The summed E-state index contributed by atoms with van der Waals surface area (Å²) in [6, 6.07) is 16.5. The lowest BCUT2D eigenvalue weighted by Crippen LogP contribution is -2.46. The molecule has 0 spiro atoms. The van der Waals surface area contributed by atoms with Crippen molar-refractivity contribution < 1.29 is 13.6 Å². The lowest BCUT2D eigenvalue weighted by molar-refractivity contribution is -0.142. The van der Waals surface area contributed by atoms with Gasteiger partial charge in [-0.05, 0) is 75.1 Å². The molecule has 2 aliphatic rings. The topological polar surface area (TPSA) is 69.9 Å². The number of carbonyl (C=O) groups is 1. The second-order valence-electron chi connectivity index (χ2n) is 11.2. The van der Waals surface area contributed by atoms with Gasteiger partial charge in [0.1, 0.15) is 23.1 Å². The third kappa shape index (κ3) is 4.87. The number of halogens is 2. The van der Waals surface area contributed by atoms with E-state index in [9.17, 15) is 13.6 Å². The van der Waals surface area contributed by atoms with Gasteiger partial charge in [0.25, 0.3) is 5.91 Å². The molecule has 1 amide bonds. The summed E-state index contributed by atoms with van der Waals surface area (Å²) in [5, 5.41) is 4.95. The van der Waals surface area contributed by atoms with Gasteiger partial charge < -0.3 is 14.7 Å². The maximum absolute atomic E-state index is 14.2. The van der Waals surface area contributed by atoms with Crippen molar-refractivity contribution in [3.63, 3.8) is 0 Å². The van der Waals surface area contributed by atoms with Gasteiger partial charge in [0, 0.05) is 26.7 Å². The lowest BCUT2D eigenvalue weighted by Gasteiger charge is -2.29. The SMILES string of the molecule is CN(C(=O)C(C)(C)F)[C@@H]1CCN(c2cccc(-c3cnc4ccc(N5CCCC5c5cccc(F)c5)nn34)n2)C1. The number of nitrogens with zero attached hydrogens (tertiary/aromatic N) is 7. The molecular formula is C30H33F2N7O. The van der Waals surface area contributed by atoms with E-state index in [1.54, 1.807) is 25.4 Å². The molecule has 6 rings (SSSR count). The average Bonchev–Trinajstić information content (AvgIpc) is 3.71. The highest BCUT2D eigenvalue weighted by molar-refractivity contribution is 5.84. The van der Waals surface area contributed by atoms with Gasteiger partial charge in [0.15, 0.2) is 11.3 Å². The summed E-state index contributed by atoms with van der Waals surface area (Å²) in [5.74, 6) is 0.855. The number of alkyl halides is 1. The molecule has 0 saturated carbocycles. The van der Waals surface area contributed by atoms with Crippen LogP contribution in [0.15, 0.2) is 60.8 Å². The maximum Gasteiger partial charge on any atom is 0.259 e. The monoisotopic (exact) mass is 545 g/mol. The summed E-state index contributed by atoms with van der Waals surface area (Å²) in [6.45, 7) is 4.73. The second-order valence-corrected chi connectivity index (χ2v) is 11.2. The van der Waals surface area contributed by atoms with Gasteiger partial charge in [-0.25, -0.2) is 23.3 Å². The van der Waals surface area contributed by atoms with Crippen LogP contribution in [0.5, 0.6) is 0 Å². The van der Waals surface area contributed by atoms with Crippen molar-refractivity contribution in [1.82, 2.24) is 24.5 Å². The molecule has 40 heavy (non-hydrogen) atoms. The summed E-state index contributed by atoms with van der Waals surface area (Å²) in [7, 11) is 1.67. The molecule has 1 aromatic carbocycles. The highest BCUT2D eigenvalue weighted by Crippen LogP contribution is 2.36. The van der Waals surface area contributed by atoms with Crippen LogP contribution in [0.2, 0.25) is 0 Å². The van der Waals surface area contributed by atoms with Crippen LogP contribution in [-0.2, 0) is 4.79 Å². The van der Waals surface area contributed by atoms with Crippen LogP contribution in [0.1, 0.15) is 44.7 Å². The first-order valence-corrected chi connectivity index (χ1v) is 13.7. The number of hydrogen-bond acceptors (Lipinski definition) is 6. The number of aromatic nitrogens is 4. The zero-order valence-electron chi connectivity index (χ0n) is 23.0. The number of likely N-dealkylation sites (N-methyl/N-ethyl adjacent to an activating group) is 1. The molecule has 8 nitrogen and oxygen atoms in total. The Labute approximate surface area is 232 Å². The molecule has 1 unspecified atom stereocenters. The number of pyridine rings is 1. The molecule has 0 radical (unpaired) electrons. The van der Waals surface area contributed by atoms with Gasteiger partial charge in [-0.1, -0.05) is 18.2 Å². The lowest BCUT2D eigenvalue weighted by atomic mass is 10.0. The fourth-order valence-corrected chi connectivity index (χ4v) is 5.89. The van der Waals surface area contributed by atoms with Gasteiger partial charge in [-0.3, -0.25) is 4.79 Å². The van der Waals surface area contributed by atoms with Crippen LogP contribution in [-0.4, -0.2) is 68.8 Å². The molecule has 2 saturated heterocycles. The smallest absolute Gasteiger partial charge is 0.259 e. The number of imidazole rings is 1. The minimum Gasteiger partial charge on any atom is -0.354 e. The van der Waals surface area contributed by atoms with Crippen molar-refractivity contribution in [2.75, 3.05) is 36.5 Å². The van der Waals surface area contributed by atoms with Crippen molar-refractivity contribution in [3.8, 4) is 11.4 Å². The number of amides is 1. The number of hydrogen-bond donors (Lipinski definition) is 0. The summed E-state index contributed by atoms with van der Waals surface area (Å²) in [4.78, 5) is 27.8. The summed E-state index contributed by atoms with van der Waals surface area (Å²) < 4.78 is 30.0. The third-order valence-electron chi connectivity index (χ3n) is 7.99. The van der Waals surface area contributed by atoms with Crippen molar-refractivity contribution in [2.24, 2.45) is 0 Å². The van der Waals surface area contributed by atoms with Crippen molar-refractivity contribution in [1.29, 1.82) is 0 Å². The molecule has 2 fully saturated rings. The maximum atomic E-state index is 14.2. The first-order valence-electron chi connectivity index (χ1n) is 13.7. The van der Waals surface area contributed by atoms with Gasteiger partial charge in [-0.15, -0.1) is 5.10 Å². The van der Waals surface area contributed by atoms with E-state index in [4.69, 9.17) is 10.1 Å². The molecule has 5 heterocycles. The minimum absolute atomic E-state index is 0.0603. The van der Waals surface area contributed by atoms with E-state index in [0.29, 0.717) is 12.2 Å². The number of carbonyl (C=O) groups excluding carboxylic acids is 1. The molecule has 0 bridgehead atoms. The highest BCUT2D eigenvalue weighted by Gasteiger charge is 2.36. The van der Waals surface area contributed by atoms with E-state index in [-0.39, 0.29) is 17.9 Å². The van der Waals surface area contributed by atoms with Crippen molar-refractivity contribution >= 4 is 23.2 Å². The molecule has 208 valence electrons. The summed E-state index contributed by atoms with van der Waals surface area (Å²) >= 11 is 0. The van der Waals surface area contributed by atoms with Crippen LogP contribution in [0, 0.1) is 5.82 Å². The molecule has 4 aromatic rings. The number of fused-ring (bicyclic) bond motifs is 1. The highest BCUT2D eigenvalue weighted by atomic mass is 19.1. The summed E-state index contributed by atoms with van der Waals surface area (Å²) in [6.07, 6.45) is 4.45. The Morgan fingerprint density at radius 2 is 1.88 bits per heavy atom. The Bertz CT molecular complexity index is 1550. The number of rotatable bonds is 6. The van der Waals surface area contributed by atoms with E-state index in [1.807, 2.05) is 40.9 Å². The molecule has 0 N–H and O–H groups in total. The fraction of sp³-hybridized carbons (Fsp3) is 0.400. The van der Waals surface area contributed by atoms with Crippen LogP contribution >= 0.6 is 0 Å². The fourth-order valence-electron chi connectivity index (χ4n) is 5.89. The van der Waals surface area contributed by atoms with E-state index in [0.717, 1.165) is 60.9 Å². The van der Waals surface area contributed by atoms with E-state index in [1.165, 1.54) is 24.8 Å². The molecule has 10 heteroatoms. The van der Waals surface area contributed by atoms with Crippen LogP contribution < -0.4 is 9.80 Å². The second kappa shape index (κ2) is 10.1. The van der Waals surface area contributed by atoms with Gasteiger partial charge in [0.05, 0.1) is 24.0 Å². The zero-order valence-corrected chi connectivity index (χ0v) is 23.0. The first-order chi connectivity index (χ1) is 19.2. The van der Waals surface area contributed by atoms with Crippen LogP contribution in [0.4, 0.5) is 20.4 Å². The third-order valence-corrected chi connectivity index (χ3v) is 7.99. The van der Waals surface area contributed by atoms with Gasteiger partial charge in [-0.2, -0.15) is 0 Å². The van der Waals surface area contributed by atoms with Crippen molar-refractivity contribution in [2.45, 2.75) is 50.9 Å². The van der Waals surface area contributed by atoms with Crippen LogP contribution in [0.3, 0.4) is 0 Å². The Morgan fingerprint density at radius 1 is 1.05 bits per heavy atom. The van der Waals surface area contributed by atoms with E-state index < -0.39 is 11.6 Å². The Morgan fingerprint density at radius 3 is 2.67 bits per heavy atom. The molecule has 0 aliphatic carbocycles. The van der Waals surface area contributed by atoms with Gasteiger partial charge in [0.2, 0.25) is 0 Å². The molecular weight excluding hydrogens is 512 g/mol. The number of anilines is 2. The van der Waals surface area contributed by atoms with Gasteiger partial charge >= 0.3 is 0 Å². The number of benzene rings is 1. The largest absolute Gasteiger partial charge is 0.354 e. The normalized spacial score (nSPS) is 19.5. The predicted octanol–water partition coefficient (Wildman–Crippen LogP) is 5.06. The average molecular weight is 546 g/mol. The standard InChI is InChI=1S/C30H33F2N7O/c1-30(2,32)29(40)36(3)22-14-16-37(19-22)27-11-5-9-23(34-27)25-18-33-26-12-13-28(35-39(25)26)38-15-6-10-24(38)20-7-4-8-21(31)17-20/h4-5,7-9,11-13,17-18,22,24H,6,10,14-16,19H2,1-3H3/t22-,24?/m1/s1. The molecule has 3 aromatic heterocycles. The predicted molar refractivity (Wildman–Crippen MR) is 151 cm³/mol. The van der Waals surface area contributed by atoms with E-state index in [2.05, 4.69) is 14.8 Å². The Hall–Kier alpha value is -4.08. The minimum atomic E-state index is -1.90.